The number of para-hydroxylation sites is 1. The molecule has 0 radical (unpaired) electrons. The van der Waals surface area contributed by atoms with Gasteiger partial charge in [0.05, 0.1) is 11.2 Å². The van der Waals surface area contributed by atoms with Crippen molar-refractivity contribution >= 4 is 17.1 Å². The molecule has 0 aliphatic heterocycles. The Balaban J connectivity index is 1.66. The van der Waals surface area contributed by atoms with Crippen molar-refractivity contribution in [1.29, 1.82) is 0 Å². The minimum absolute atomic E-state index is 0.295. The van der Waals surface area contributed by atoms with Gasteiger partial charge in [-0.25, -0.2) is 4.98 Å². The van der Waals surface area contributed by atoms with E-state index in [1.807, 2.05) is 37.3 Å². The van der Waals surface area contributed by atoms with Gasteiger partial charge in [-0.15, -0.1) is 5.10 Å². The Morgan fingerprint density at radius 3 is 2.88 bits per heavy atom. The highest BCUT2D eigenvalue weighted by Gasteiger charge is 2.14. The minimum Gasteiger partial charge on any atom is -0.342 e. The van der Waals surface area contributed by atoms with Crippen LogP contribution in [0.1, 0.15) is 16.2 Å². The molecule has 118 valence electrons. The molecular weight excluding hydrogens is 304 g/mol. The molecule has 0 unspecified atom stereocenters. The zero-order valence-corrected chi connectivity index (χ0v) is 12.9. The van der Waals surface area contributed by atoms with Crippen molar-refractivity contribution in [3.63, 3.8) is 0 Å². The number of amides is 1. The van der Waals surface area contributed by atoms with E-state index >= 15 is 0 Å². The van der Waals surface area contributed by atoms with E-state index in [2.05, 4.69) is 25.5 Å². The van der Waals surface area contributed by atoms with Crippen LogP contribution in [0.3, 0.4) is 0 Å². The predicted octanol–water partition coefficient (Wildman–Crippen LogP) is 2.68. The molecule has 2 N–H and O–H groups in total. The van der Waals surface area contributed by atoms with Crippen LogP contribution in [0.15, 0.2) is 54.9 Å². The Morgan fingerprint density at radius 1 is 1.21 bits per heavy atom. The summed E-state index contributed by atoms with van der Waals surface area (Å²) in [4.78, 5) is 20.0. The number of fused-ring (bicyclic) bond motifs is 1. The summed E-state index contributed by atoms with van der Waals surface area (Å²) >= 11 is 0. The normalized spacial score (nSPS) is 10.9. The van der Waals surface area contributed by atoms with Crippen LogP contribution in [-0.2, 0) is 0 Å². The highest BCUT2D eigenvalue weighted by molar-refractivity contribution is 6.05. The van der Waals surface area contributed by atoms with Gasteiger partial charge in [0, 0.05) is 23.7 Å². The number of benzene rings is 1. The molecule has 1 aromatic carbocycles. The van der Waals surface area contributed by atoms with Gasteiger partial charge in [-0.3, -0.25) is 4.79 Å². The fourth-order valence-electron chi connectivity index (χ4n) is 2.48. The average Bonchev–Trinajstić information content (AvgIpc) is 3.21. The molecule has 24 heavy (non-hydrogen) atoms. The number of nitrogens with zero attached hydrogens (tertiary/aromatic N) is 4. The maximum atomic E-state index is 12.5. The van der Waals surface area contributed by atoms with Crippen LogP contribution in [0, 0.1) is 6.92 Å². The van der Waals surface area contributed by atoms with Crippen LogP contribution in [0.2, 0.25) is 0 Å². The van der Waals surface area contributed by atoms with Crippen LogP contribution in [0.25, 0.3) is 16.9 Å². The molecule has 0 aliphatic rings. The van der Waals surface area contributed by atoms with E-state index in [-0.39, 0.29) is 5.91 Å². The molecule has 0 aliphatic carbocycles. The molecule has 0 spiro atoms. The van der Waals surface area contributed by atoms with E-state index in [0.29, 0.717) is 17.2 Å². The first-order valence-corrected chi connectivity index (χ1v) is 7.44. The van der Waals surface area contributed by atoms with E-state index in [1.54, 1.807) is 24.5 Å². The van der Waals surface area contributed by atoms with E-state index in [9.17, 15) is 4.79 Å². The van der Waals surface area contributed by atoms with Gasteiger partial charge in [0.2, 0.25) is 0 Å². The molecule has 3 aromatic heterocycles. The van der Waals surface area contributed by atoms with Crippen LogP contribution in [0.4, 0.5) is 5.69 Å². The van der Waals surface area contributed by atoms with Gasteiger partial charge in [0.25, 0.3) is 5.91 Å². The average molecular weight is 318 g/mol. The largest absolute Gasteiger partial charge is 0.342 e. The molecule has 3 heterocycles. The summed E-state index contributed by atoms with van der Waals surface area (Å²) in [5.41, 5.74) is 3.51. The van der Waals surface area contributed by atoms with Gasteiger partial charge in [0.1, 0.15) is 5.82 Å². The first-order valence-electron chi connectivity index (χ1n) is 7.44. The molecule has 7 nitrogen and oxygen atoms in total. The monoisotopic (exact) mass is 318 g/mol. The lowest BCUT2D eigenvalue weighted by Gasteiger charge is -2.08. The van der Waals surface area contributed by atoms with Gasteiger partial charge in [-0.2, -0.15) is 9.73 Å². The number of aromatic amines is 1. The molecule has 0 saturated carbocycles. The highest BCUT2D eigenvalue weighted by atomic mass is 16.2. The number of H-pyrrole nitrogens is 1. The second-order valence-electron chi connectivity index (χ2n) is 5.38. The van der Waals surface area contributed by atoms with Crippen LogP contribution < -0.4 is 5.32 Å². The maximum Gasteiger partial charge on any atom is 0.276 e. The topological polar surface area (TPSA) is 88.0 Å². The van der Waals surface area contributed by atoms with Crippen LogP contribution in [0.5, 0.6) is 0 Å². The van der Waals surface area contributed by atoms with Gasteiger partial charge in [-0.05, 0) is 37.3 Å². The quantitative estimate of drug-likeness (QED) is 0.608. The summed E-state index contributed by atoms with van der Waals surface area (Å²) in [5, 5.41) is 11.1. The summed E-state index contributed by atoms with van der Waals surface area (Å²) in [6, 6.07) is 12.8. The molecule has 0 atom stereocenters. The Kier molecular flexibility index (Phi) is 3.31. The van der Waals surface area contributed by atoms with Crippen molar-refractivity contribution in [3.8, 4) is 11.4 Å². The van der Waals surface area contributed by atoms with E-state index in [1.165, 1.54) is 4.63 Å². The molecular formula is C17H14N6O. The molecule has 4 rings (SSSR count). The third-order valence-electron chi connectivity index (χ3n) is 3.61. The number of imidazole rings is 1. The molecule has 0 fully saturated rings. The third-order valence-corrected chi connectivity index (χ3v) is 3.61. The first-order chi connectivity index (χ1) is 11.7. The summed E-state index contributed by atoms with van der Waals surface area (Å²) in [5.74, 6) is 0.413. The Bertz CT molecular complexity index is 999. The summed E-state index contributed by atoms with van der Waals surface area (Å²) in [6.07, 6.45) is 3.37. The lowest BCUT2D eigenvalue weighted by atomic mass is 10.1. The van der Waals surface area contributed by atoms with E-state index in [0.717, 1.165) is 16.8 Å². The Hall–Kier alpha value is -3.48. The lowest BCUT2D eigenvalue weighted by Crippen LogP contribution is -2.13. The Labute approximate surface area is 137 Å². The van der Waals surface area contributed by atoms with Crippen molar-refractivity contribution in [3.05, 3.63) is 66.2 Å². The standard InChI is InChI=1S/C17H14N6O/c1-11-10-18-16(20-11)13-6-2-3-7-14(13)21-17(24)15-9-12-5-4-8-19-23(12)22-15/h2-10H,1H3,(H,18,20)(H,21,24). The number of carbonyl (C=O) groups is 1. The molecule has 7 heteroatoms. The molecule has 0 saturated heterocycles. The number of nitrogens with one attached hydrogen (secondary N) is 2. The number of aromatic nitrogens is 5. The summed E-state index contributed by atoms with van der Waals surface area (Å²) in [6.45, 7) is 1.93. The van der Waals surface area contributed by atoms with Crippen molar-refractivity contribution in [2.24, 2.45) is 0 Å². The molecule has 0 bridgehead atoms. The Morgan fingerprint density at radius 2 is 2.08 bits per heavy atom. The second-order valence-corrected chi connectivity index (χ2v) is 5.38. The van der Waals surface area contributed by atoms with Gasteiger partial charge < -0.3 is 10.3 Å². The zero-order chi connectivity index (χ0) is 16.5. The number of rotatable bonds is 3. The smallest absolute Gasteiger partial charge is 0.276 e. The number of anilines is 1. The van der Waals surface area contributed by atoms with Crippen molar-refractivity contribution < 1.29 is 4.79 Å². The number of hydrogen-bond acceptors (Lipinski definition) is 4. The van der Waals surface area contributed by atoms with Gasteiger partial charge >= 0.3 is 0 Å². The zero-order valence-electron chi connectivity index (χ0n) is 12.9. The van der Waals surface area contributed by atoms with Crippen molar-refractivity contribution in [2.45, 2.75) is 6.92 Å². The second kappa shape index (κ2) is 5.62. The lowest BCUT2D eigenvalue weighted by molar-refractivity contribution is 0.102. The number of carbonyl (C=O) groups excluding carboxylic acids is 1. The predicted molar refractivity (Wildman–Crippen MR) is 89.7 cm³/mol. The van der Waals surface area contributed by atoms with Crippen molar-refractivity contribution in [2.75, 3.05) is 5.32 Å². The first kappa shape index (κ1) is 14.1. The van der Waals surface area contributed by atoms with E-state index in [4.69, 9.17) is 0 Å². The summed E-state index contributed by atoms with van der Waals surface area (Å²) < 4.78 is 1.43. The number of aryl methyl sites for hydroxylation is 1. The minimum atomic E-state index is -0.295. The van der Waals surface area contributed by atoms with E-state index < -0.39 is 0 Å². The summed E-state index contributed by atoms with van der Waals surface area (Å²) in [7, 11) is 0. The van der Waals surface area contributed by atoms with Gasteiger partial charge in [-0.1, -0.05) is 12.1 Å². The molecule has 4 aromatic rings. The highest BCUT2D eigenvalue weighted by Crippen LogP contribution is 2.25. The number of hydrogen-bond donors (Lipinski definition) is 2. The molecule has 1 amide bonds. The SMILES string of the molecule is Cc1cnc(-c2ccccc2NC(=O)c2cc3cccnn3n2)[nH]1. The fraction of sp³-hybridized carbons (Fsp3) is 0.0588. The fourth-order valence-corrected chi connectivity index (χ4v) is 2.48. The van der Waals surface area contributed by atoms with Crippen LogP contribution in [-0.4, -0.2) is 30.7 Å². The van der Waals surface area contributed by atoms with Crippen molar-refractivity contribution in [1.82, 2.24) is 24.8 Å². The maximum absolute atomic E-state index is 12.5. The third kappa shape index (κ3) is 2.52. The van der Waals surface area contributed by atoms with Gasteiger partial charge in [0.15, 0.2) is 5.69 Å². The van der Waals surface area contributed by atoms with Crippen LogP contribution >= 0.6 is 0 Å².